The highest BCUT2D eigenvalue weighted by molar-refractivity contribution is 7.88. The van der Waals surface area contributed by atoms with Crippen LogP contribution in [0.3, 0.4) is 0 Å². The van der Waals surface area contributed by atoms with Gasteiger partial charge in [-0.2, -0.15) is 0 Å². The predicted octanol–water partition coefficient (Wildman–Crippen LogP) is -0.00980. The molecule has 0 aliphatic carbocycles. The summed E-state index contributed by atoms with van der Waals surface area (Å²) in [5, 5.41) is 0. The van der Waals surface area contributed by atoms with Gasteiger partial charge in [-0.3, -0.25) is 0 Å². The van der Waals surface area contributed by atoms with Crippen LogP contribution >= 0.6 is 0 Å². The van der Waals surface area contributed by atoms with Crippen LogP contribution in [0.15, 0.2) is 0 Å². The first-order chi connectivity index (χ1) is 8.05. The molecule has 2 fully saturated rings. The van der Waals surface area contributed by atoms with Gasteiger partial charge in [0.15, 0.2) is 0 Å². The molecule has 0 N–H and O–H groups in total. The van der Waals surface area contributed by atoms with Gasteiger partial charge in [0, 0.05) is 32.8 Å². The lowest BCUT2D eigenvalue weighted by Gasteiger charge is -2.23. The van der Waals surface area contributed by atoms with Crippen molar-refractivity contribution in [2.75, 3.05) is 52.2 Å². The molecule has 0 aromatic carbocycles. The number of ether oxygens (including phenoxy) is 1. The fourth-order valence-electron chi connectivity index (χ4n) is 2.55. The topological polar surface area (TPSA) is 49.9 Å². The Morgan fingerprint density at radius 2 is 2.06 bits per heavy atom. The smallest absolute Gasteiger partial charge is 0.211 e. The average Bonchev–Trinajstić information content (AvgIpc) is 2.61. The Balaban J connectivity index is 1.83. The lowest BCUT2D eigenvalue weighted by atomic mass is 10.1. The maximum Gasteiger partial charge on any atom is 0.211 e. The summed E-state index contributed by atoms with van der Waals surface area (Å²) in [6, 6.07) is 0. The number of hydrogen-bond donors (Lipinski definition) is 0. The molecule has 0 saturated carbocycles. The van der Waals surface area contributed by atoms with Crippen LogP contribution in [-0.2, 0) is 14.8 Å². The van der Waals surface area contributed by atoms with Crippen LogP contribution < -0.4 is 0 Å². The molecule has 0 bridgehead atoms. The summed E-state index contributed by atoms with van der Waals surface area (Å²) >= 11 is 0. The quantitative estimate of drug-likeness (QED) is 0.718. The molecule has 2 aliphatic rings. The maximum atomic E-state index is 11.5. The van der Waals surface area contributed by atoms with E-state index in [9.17, 15) is 8.42 Å². The standard InChI is InChI=1S/C11H22N2O3S/c1-17(14,15)13-5-2-4-12(6-7-13)9-11-3-8-16-10-11/h11H,2-10H2,1H3/t11-/m0/s1. The van der Waals surface area contributed by atoms with Gasteiger partial charge in [-0.15, -0.1) is 0 Å². The van der Waals surface area contributed by atoms with E-state index >= 15 is 0 Å². The second kappa shape index (κ2) is 5.65. The Hall–Kier alpha value is -0.170. The first-order valence-corrected chi connectivity index (χ1v) is 8.16. The summed E-state index contributed by atoms with van der Waals surface area (Å²) in [4.78, 5) is 2.38. The van der Waals surface area contributed by atoms with Gasteiger partial charge in [0.2, 0.25) is 10.0 Å². The average molecular weight is 262 g/mol. The van der Waals surface area contributed by atoms with Gasteiger partial charge < -0.3 is 9.64 Å². The van der Waals surface area contributed by atoms with E-state index in [2.05, 4.69) is 4.90 Å². The molecule has 0 aromatic rings. The maximum absolute atomic E-state index is 11.5. The summed E-state index contributed by atoms with van der Waals surface area (Å²) in [5.41, 5.74) is 0. The Bertz CT molecular complexity index is 339. The highest BCUT2D eigenvalue weighted by Crippen LogP contribution is 2.15. The second-order valence-electron chi connectivity index (χ2n) is 5.05. The Kier molecular flexibility index (Phi) is 4.41. The molecular formula is C11H22N2O3S. The number of nitrogens with zero attached hydrogens (tertiary/aromatic N) is 2. The second-order valence-corrected chi connectivity index (χ2v) is 7.03. The third-order valence-corrected chi connectivity index (χ3v) is 4.86. The summed E-state index contributed by atoms with van der Waals surface area (Å²) in [5.74, 6) is 0.639. The fraction of sp³-hybridized carbons (Fsp3) is 1.00. The predicted molar refractivity (Wildman–Crippen MR) is 66.4 cm³/mol. The van der Waals surface area contributed by atoms with Crippen molar-refractivity contribution in [3.05, 3.63) is 0 Å². The largest absolute Gasteiger partial charge is 0.381 e. The van der Waals surface area contributed by atoms with E-state index in [4.69, 9.17) is 4.74 Å². The van der Waals surface area contributed by atoms with Gasteiger partial charge in [0.1, 0.15) is 0 Å². The monoisotopic (exact) mass is 262 g/mol. The van der Waals surface area contributed by atoms with E-state index in [1.807, 2.05) is 0 Å². The van der Waals surface area contributed by atoms with Gasteiger partial charge >= 0.3 is 0 Å². The van der Waals surface area contributed by atoms with Crippen molar-refractivity contribution in [2.45, 2.75) is 12.8 Å². The van der Waals surface area contributed by atoms with Crippen LogP contribution in [0.5, 0.6) is 0 Å². The Morgan fingerprint density at radius 1 is 1.24 bits per heavy atom. The van der Waals surface area contributed by atoms with Crippen LogP contribution in [0.25, 0.3) is 0 Å². The lowest BCUT2D eigenvalue weighted by molar-refractivity contribution is 0.168. The van der Waals surface area contributed by atoms with E-state index in [-0.39, 0.29) is 0 Å². The molecule has 2 saturated heterocycles. The van der Waals surface area contributed by atoms with E-state index in [1.54, 1.807) is 4.31 Å². The van der Waals surface area contributed by atoms with Gasteiger partial charge in [-0.1, -0.05) is 0 Å². The molecule has 0 amide bonds. The lowest BCUT2D eigenvalue weighted by Crippen LogP contribution is -2.36. The molecule has 6 heteroatoms. The first kappa shape index (κ1) is 13.3. The van der Waals surface area contributed by atoms with Crippen molar-refractivity contribution >= 4 is 10.0 Å². The molecule has 5 nitrogen and oxygen atoms in total. The zero-order chi connectivity index (χ0) is 12.3. The van der Waals surface area contributed by atoms with Gasteiger partial charge in [0.05, 0.1) is 12.9 Å². The minimum Gasteiger partial charge on any atom is -0.381 e. The number of hydrogen-bond acceptors (Lipinski definition) is 4. The van der Waals surface area contributed by atoms with Crippen molar-refractivity contribution in [3.63, 3.8) is 0 Å². The Labute approximate surface area is 104 Å². The number of rotatable bonds is 3. The Morgan fingerprint density at radius 3 is 2.71 bits per heavy atom. The van der Waals surface area contributed by atoms with Crippen LogP contribution in [0.4, 0.5) is 0 Å². The minimum absolute atomic E-state index is 0.631. The molecule has 0 radical (unpaired) electrons. The van der Waals surface area contributed by atoms with Gasteiger partial charge in [-0.25, -0.2) is 12.7 Å². The third kappa shape index (κ3) is 3.91. The molecule has 0 spiro atoms. The summed E-state index contributed by atoms with van der Waals surface area (Å²) < 4.78 is 29.9. The fourth-order valence-corrected chi connectivity index (χ4v) is 3.43. The van der Waals surface area contributed by atoms with Crippen molar-refractivity contribution < 1.29 is 13.2 Å². The third-order valence-electron chi connectivity index (χ3n) is 3.56. The molecular weight excluding hydrogens is 240 g/mol. The van der Waals surface area contributed by atoms with Gasteiger partial charge in [0.25, 0.3) is 0 Å². The molecule has 2 rings (SSSR count). The summed E-state index contributed by atoms with van der Waals surface area (Å²) in [7, 11) is -3.02. The van der Waals surface area contributed by atoms with Crippen molar-refractivity contribution in [1.82, 2.24) is 9.21 Å². The van der Waals surface area contributed by atoms with E-state index in [0.717, 1.165) is 45.7 Å². The summed E-state index contributed by atoms with van der Waals surface area (Å²) in [6.45, 7) is 5.95. The minimum atomic E-state index is -3.02. The highest BCUT2D eigenvalue weighted by Gasteiger charge is 2.24. The number of sulfonamides is 1. The first-order valence-electron chi connectivity index (χ1n) is 6.31. The zero-order valence-corrected chi connectivity index (χ0v) is 11.3. The zero-order valence-electron chi connectivity index (χ0n) is 10.5. The van der Waals surface area contributed by atoms with Crippen LogP contribution in [0, 0.1) is 5.92 Å². The van der Waals surface area contributed by atoms with Gasteiger partial charge in [-0.05, 0) is 25.3 Å². The van der Waals surface area contributed by atoms with E-state index in [0.29, 0.717) is 19.0 Å². The molecule has 0 unspecified atom stereocenters. The van der Waals surface area contributed by atoms with Crippen LogP contribution in [0.1, 0.15) is 12.8 Å². The van der Waals surface area contributed by atoms with Crippen LogP contribution in [-0.4, -0.2) is 69.8 Å². The summed E-state index contributed by atoms with van der Waals surface area (Å²) in [6.07, 6.45) is 3.38. The molecule has 0 aromatic heterocycles. The molecule has 2 aliphatic heterocycles. The molecule has 2 heterocycles. The highest BCUT2D eigenvalue weighted by atomic mass is 32.2. The molecule has 1 atom stereocenters. The SMILES string of the molecule is CS(=O)(=O)N1CCCN(C[C@@H]2CCOC2)CC1. The van der Waals surface area contributed by atoms with Crippen LogP contribution in [0.2, 0.25) is 0 Å². The van der Waals surface area contributed by atoms with Crippen molar-refractivity contribution in [2.24, 2.45) is 5.92 Å². The molecule has 17 heavy (non-hydrogen) atoms. The van der Waals surface area contributed by atoms with Crippen molar-refractivity contribution in [1.29, 1.82) is 0 Å². The van der Waals surface area contributed by atoms with Crippen molar-refractivity contribution in [3.8, 4) is 0 Å². The molecule has 100 valence electrons. The normalized spacial score (nSPS) is 29.4. The van der Waals surface area contributed by atoms with E-state index < -0.39 is 10.0 Å². The van der Waals surface area contributed by atoms with E-state index in [1.165, 1.54) is 6.26 Å².